The van der Waals surface area contributed by atoms with Gasteiger partial charge in [-0.15, -0.1) is 0 Å². The maximum atomic E-state index is 12.8. The first-order valence-corrected chi connectivity index (χ1v) is 8.46. The molecule has 0 radical (unpaired) electrons. The third-order valence-electron chi connectivity index (χ3n) is 4.53. The molecule has 0 atom stereocenters. The minimum Gasteiger partial charge on any atom is -0.341 e. The highest BCUT2D eigenvalue weighted by Gasteiger charge is 2.34. The number of halogens is 1. The van der Waals surface area contributed by atoms with E-state index in [1.807, 2.05) is 0 Å². The highest BCUT2D eigenvalue weighted by Crippen LogP contribution is 2.24. The molecule has 0 bridgehead atoms. The third kappa shape index (κ3) is 2.72. The van der Waals surface area contributed by atoms with Crippen LogP contribution in [0.25, 0.3) is 0 Å². The van der Waals surface area contributed by atoms with Crippen molar-refractivity contribution in [3.05, 3.63) is 45.6 Å². The van der Waals surface area contributed by atoms with Gasteiger partial charge < -0.3 is 4.90 Å². The summed E-state index contributed by atoms with van der Waals surface area (Å²) in [6.07, 6.45) is 1.93. The number of amides is 2. The molecule has 2 aromatic rings. The van der Waals surface area contributed by atoms with Crippen LogP contribution in [0, 0.1) is 0 Å². The number of carbonyl (C=O) groups excluding carboxylic acids is 2. The Morgan fingerprint density at radius 1 is 1.12 bits per heavy atom. The molecule has 0 spiro atoms. The Bertz CT molecular complexity index is 895. The van der Waals surface area contributed by atoms with E-state index >= 15 is 0 Å². The first-order valence-electron chi connectivity index (χ1n) is 8.08. The first kappa shape index (κ1) is 15.9. The van der Waals surface area contributed by atoms with E-state index in [4.69, 9.17) is 11.6 Å². The van der Waals surface area contributed by atoms with E-state index in [1.54, 1.807) is 29.2 Å². The minimum atomic E-state index is -0.577. The number of likely N-dealkylation sites (tertiary alicyclic amines) is 1. The molecule has 2 aliphatic rings. The second-order valence-electron chi connectivity index (χ2n) is 6.11. The lowest BCUT2D eigenvalue weighted by atomic mass is 10.3. The summed E-state index contributed by atoms with van der Waals surface area (Å²) in [7, 11) is 0. The van der Waals surface area contributed by atoms with Crippen LogP contribution < -0.4 is 10.6 Å². The number of carbonyl (C=O) groups is 2. The van der Waals surface area contributed by atoms with Crippen molar-refractivity contribution in [2.75, 3.05) is 18.0 Å². The molecule has 0 N–H and O–H groups in total. The van der Waals surface area contributed by atoms with Crippen LogP contribution in [0.5, 0.6) is 0 Å². The molecule has 25 heavy (non-hydrogen) atoms. The third-order valence-corrected chi connectivity index (χ3v) is 4.78. The molecule has 0 unspecified atom stereocenters. The standard InChI is InChI=1S/C16H16ClN5O3/c17-11-3-5-12(6-4-11)20-9-13-18-15(24)21(22(13)16(20)25)10-14(23)19-7-1-2-8-19/h3-6H,1-2,7-10H2. The number of aromatic nitrogens is 3. The first-order chi connectivity index (χ1) is 12.0. The van der Waals surface area contributed by atoms with Crippen LogP contribution in [0.4, 0.5) is 10.5 Å². The molecule has 2 amide bonds. The van der Waals surface area contributed by atoms with Gasteiger partial charge in [-0.3, -0.25) is 9.69 Å². The fourth-order valence-corrected chi connectivity index (χ4v) is 3.36. The molecule has 9 heteroatoms. The van der Waals surface area contributed by atoms with Gasteiger partial charge in [-0.2, -0.15) is 9.67 Å². The Kier molecular flexibility index (Phi) is 3.84. The van der Waals surface area contributed by atoms with Gasteiger partial charge in [0.1, 0.15) is 6.54 Å². The Balaban J connectivity index is 1.61. The van der Waals surface area contributed by atoms with Gasteiger partial charge in [-0.1, -0.05) is 11.6 Å². The van der Waals surface area contributed by atoms with Gasteiger partial charge in [0.05, 0.1) is 6.54 Å². The monoisotopic (exact) mass is 361 g/mol. The lowest BCUT2D eigenvalue weighted by Crippen LogP contribution is -2.39. The second-order valence-corrected chi connectivity index (χ2v) is 6.55. The molecule has 1 aromatic heterocycles. The molecule has 3 heterocycles. The highest BCUT2D eigenvalue weighted by molar-refractivity contribution is 6.30. The SMILES string of the molecule is O=C(Cn1c(=O)nc2n1C(=O)N(c1ccc(Cl)cc1)C2)N1CCCC1. The number of benzene rings is 1. The van der Waals surface area contributed by atoms with E-state index in [9.17, 15) is 14.4 Å². The quantitative estimate of drug-likeness (QED) is 0.825. The number of hydrogen-bond acceptors (Lipinski definition) is 4. The van der Waals surface area contributed by atoms with Crippen LogP contribution in [0.3, 0.4) is 0 Å². The summed E-state index contributed by atoms with van der Waals surface area (Å²) in [6.45, 7) is 1.39. The van der Waals surface area contributed by atoms with Gasteiger partial charge in [0, 0.05) is 23.8 Å². The molecule has 0 saturated carbocycles. The summed E-state index contributed by atoms with van der Waals surface area (Å²) in [5.74, 6) is 0.166. The molecular formula is C16H16ClN5O3. The topological polar surface area (TPSA) is 80.4 Å². The summed E-state index contributed by atoms with van der Waals surface area (Å²) < 4.78 is 2.32. The van der Waals surface area contributed by atoms with Crippen molar-refractivity contribution < 1.29 is 9.59 Å². The fourth-order valence-electron chi connectivity index (χ4n) is 3.24. The van der Waals surface area contributed by atoms with Crippen molar-refractivity contribution in [2.45, 2.75) is 25.9 Å². The largest absolute Gasteiger partial charge is 0.365 e. The molecule has 8 nitrogen and oxygen atoms in total. The van der Waals surface area contributed by atoms with Crippen molar-refractivity contribution in [2.24, 2.45) is 0 Å². The fraction of sp³-hybridized carbons (Fsp3) is 0.375. The van der Waals surface area contributed by atoms with Crippen LogP contribution in [0.2, 0.25) is 5.02 Å². The zero-order chi connectivity index (χ0) is 17.6. The molecule has 130 valence electrons. The van der Waals surface area contributed by atoms with Crippen molar-refractivity contribution >= 4 is 29.2 Å². The lowest BCUT2D eigenvalue weighted by Gasteiger charge is -2.17. The molecular weight excluding hydrogens is 346 g/mol. The van der Waals surface area contributed by atoms with Gasteiger partial charge in [0.25, 0.3) is 0 Å². The average Bonchev–Trinajstić information content (AvgIpc) is 3.28. The summed E-state index contributed by atoms with van der Waals surface area (Å²) >= 11 is 5.88. The predicted molar refractivity (Wildman–Crippen MR) is 90.7 cm³/mol. The smallest absolute Gasteiger partial charge is 0.341 e. The summed E-state index contributed by atoms with van der Waals surface area (Å²) in [4.78, 5) is 44.3. The molecule has 2 aliphatic heterocycles. The Hall–Kier alpha value is -2.61. The maximum absolute atomic E-state index is 12.8. The van der Waals surface area contributed by atoms with Crippen LogP contribution in [0.15, 0.2) is 29.1 Å². The zero-order valence-electron chi connectivity index (χ0n) is 13.4. The zero-order valence-corrected chi connectivity index (χ0v) is 14.1. The van der Waals surface area contributed by atoms with Crippen molar-refractivity contribution in [1.82, 2.24) is 19.2 Å². The predicted octanol–water partition coefficient (Wildman–Crippen LogP) is 1.31. The van der Waals surface area contributed by atoms with Crippen molar-refractivity contribution in [3.63, 3.8) is 0 Å². The van der Waals surface area contributed by atoms with E-state index in [0.717, 1.165) is 17.5 Å². The molecule has 1 aromatic carbocycles. The number of rotatable bonds is 3. The van der Waals surface area contributed by atoms with E-state index < -0.39 is 11.7 Å². The second kappa shape index (κ2) is 6.03. The van der Waals surface area contributed by atoms with Gasteiger partial charge in [-0.05, 0) is 37.1 Å². The summed E-state index contributed by atoms with van der Waals surface area (Å²) in [6, 6.07) is 6.43. The Morgan fingerprint density at radius 3 is 2.48 bits per heavy atom. The van der Waals surface area contributed by atoms with Gasteiger partial charge in [0.15, 0.2) is 5.82 Å². The number of fused-ring (bicyclic) bond motifs is 1. The van der Waals surface area contributed by atoms with Crippen LogP contribution in [-0.4, -0.2) is 44.3 Å². The van der Waals surface area contributed by atoms with Crippen LogP contribution in [0.1, 0.15) is 18.7 Å². The van der Waals surface area contributed by atoms with Crippen molar-refractivity contribution in [1.29, 1.82) is 0 Å². The molecule has 1 saturated heterocycles. The van der Waals surface area contributed by atoms with E-state index in [-0.39, 0.29) is 19.0 Å². The Morgan fingerprint density at radius 2 is 1.80 bits per heavy atom. The summed E-state index contributed by atoms with van der Waals surface area (Å²) in [5, 5.41) is 0.571. The molecule has 0 aliphatic carbocycles. The van der Waals surface area contributed by atoms with E-state index in [1.165, 1.54) is 9.58 Å². The van der Waals surface area contributed by atoms with Crippen LogP contribution in [-0.2, 0) is 17.9 Å². The normalized spacial score (nSPS) is 16.6. The Labute approximate surface area is 148 Å². The van der Waals surface area contributed by atoms with Gasteiger partial charge >= 0.3 is 11.7 Å². The lowest BCUT2D eigenvalue weighted by molar-refractivity contribution is -0.131. The number of nitrogens with zero attached hydrogens (tertiary/aromatic N) is 5. The van der Waals surface area contributed by atoms with Gasteiger partial charge in [0.2, 0.25) is 5.91 Å². The average molecular weight is 362 g/mol. The minimum absolute atomic E-state index is 0.167. The van der Waals surface area contributed by atoms with E-state index in [0.29, 0.717) is 29.6 Å². The molecule has 1 fully saturated rings. The highest BCUT2D eigenvalue weighted by atomic mass is 35.5. The molecule has 4 rings (SSSR count). The summed E-state index contributed by atoms with van der Waals surface area (Å²) in [5.41, 5.74) is 0.0800. The number of hydrogen-bond donors (Lipinski definition) is 0. The van der Waals surface area contributed by atoms with E-state index in [2.05, 4.69) is 4.98 Å². The van der Waals surface area contributed by atoms with Crippen LogP contribution >= 0.6 is 11.6 Å². The maximum Gasteiger partial charge on any atom is 0.365 e. The number of anilines is 1. The van der Waals surface area contributed by atoms with Crippen molar-refractivity contribution in [3.8, 4) is 0 Å². The van der Waals surface area contributed by atoms with Gasteiger partial charge in [-0.25, -0.2) is 14.3 Å².